The lowest BCUT2D eigenvalue weighted by molar-refractivity contribution is -0.132. The molecule has 7 heavy (non-hydrogen) atoms. The average molecular weight is 115 g/mol. The van der Waals surface area contributed by atoms with Gasteiger partial charge in [0.1, 0.15) is 0 Å². The third-order valence-electron chi connectivity index (χ3n) is 0.743. The molecule has 0 spiro atoms. The summed E-state index contributed by atoms with van der Waals surface area (Å²) in [7, 11) is 0. The van der Waals surface area contributed by atoms with Crippen LogP contribution >= 0.6 is 11.8 Å². The van der Waals surface area contributed by atoms with Gasteiger partial charge in [-0.1, -0.05) is 11.8 Å². The molecule has 1 unspecified atom stereocenters. The highest BCUT2D eigenvalue weighted by molar-refractivity contribution is 8.20. The van der Waals surface area contributed by atoms with Crippen LogP contribution in [-0.2, 0) is 9.59 Å². The van der Waals surface area contributed by atoms with Gasteiger partial charge in [-0.05, 0) is 6.92 Å². The molecule has 1 heterocycles. The molecule has 1 saturated heterocycles. The van der Waals surface area contributed by atoms with Crippen molar-refractivity contribution in [2.24, 2.45) is 0 Å². The van der Waals surface area contributed by atoms with Crippen LogP contribution in [0, 0.1) is 6.92 Å². The lowest BCUT2D eigenvalue weighted by Crippen LogP contribution is -2.33. The normalized spacial score (nSPS) is 30.1. The van der Waals surface area contributed by atoms with E-state index in [2.05, 4.69) is 6.92 Å². The topological polar surface area (TPSA) is 34.1 Å². The van der Waals surface area contributed by atoms with E-state index in [4.69, 9.17) is 0 Å². The maximum absolute atomic E-state index is 10.1. The van der Waals surface area contributed by atoms with Gasteiger partial charge in [-0.3, -0.25) is 9.59 Å². The fourth-order valence-electron chi connectivity index (χ4n) is 0.314. The molecule has 1 atom stereocenters. The molecule has 0 aromatic heterocycles. The molecule has 37 valence electrons. The molecular weight excluding hydrogens is 112 g/mol. The molecule has 0 aromatic rings. The van der Waals surface area contributed by atoms with Crippen LogP contribution in [0.25, 0.3) is 0 Å². The number of hydrogen-bond acceptors (Lipinski definition) is 3. The van der Waals surface area contributed by atoms with E-state index < -0.39 is 0 Å². The minimum Gasteiger partial charge on any atom is -0.289 e. The van der Waals surface area contributed by atoms with Crippen molar-refractivity contribution in [1.29, 1.82) is 0 Å². The van der Waals surface area contributed by atoms with Gasteiger partial charge in [0.2, 0.25) is 5.78 Å². The Bertz CT molecular complexity index is 130. The standard InChI is InChI=1S/C4H3O2S/c1-2-3(5)4(6)7-2/h2H,1H2. The first-order valence-corrected chi connectivity index (χ1v) is 2.67. The largest absolute Gasteiger partial charge is 0.289 e. The van der Waals surface area contributed by atoms with Crippen molar-refractivity contribution in [3.8, 4) is 0 Å². The summed E-state index contributed by atoms with van der Waals surface area (Å²) in [6.07, 6.45) is 0. The Morgan fingerprint density at radius 2 is 2.14 bits per heavy atom. The Labute approximate surface area is 45.3 Å². The quantitative estimate of drug-likeness (QED) is 0.418. The van der Waals surface area contributed by atoms with Crippen molar-refractivity contribution in [2.75, 3.05) is 0 Å². The van der Waals surface area contributed by atoms with Crippen LogP contribution < -0.4 is 0 Å². The summed E-state index contributed by atoms with van der Waals surface area (Å²) in [6.45, 7) is 3.37. The van der Waals surface area contributed by atoms with E-state index in [1.165, 1.54) is 0 Å². The summed E-state index contributed by atoms with van der Waals surface area (Å²) in [5.74, 6) is -0.343. The third kappa shape index (κ3) is 0.567. The molecule has 0 bridgehead atoms. The molecule has 0 amide bonds. The Hall–Kier alpha value is -0.310. The van der Waals surface area contributed by atoms with Crippen LogP contribution in [0.3, 0.4) is 0 Å². The average Bonchev–Trinajstić information content (AvgIpc) is 1.68. The lowest BCUT2D eigenvalue weighted by Gasteiger charge is -2.14. The predicted molar refractivity (Wildman–Crippen MR) is 26.7 cm³/mol. The van der Waals surface area contributed by atoms with Gasteiger partial charge in [-0.15, -0.1) is 0 Å². The van der Waals surface area contributed by atoms with Crippen LogP contribution in [0.5, 0.6) is 0 Å². The molecule has 1 aliphatic heterocycles. The molecule has 0 aromatic carbocycles. The zero-order chi connectivity index (χ0) is 5.44. The number of hydrogen-bond donors (Lipinski definition) is 0. The van der Waals surface area contributed by atoms with Gasteiger partial charge in [0.25, 0.3) is 5.12 Å². The summed E-state index contributed by atoms with van der Waals surface area (Å²) in [5.41, 5.74) is 0. The molecule has 1 rings (SSSR count). The van der Waals surface area contributed by atoms with Crippen LogP contribution in [-0.4, -0.2) is 16.1 Å². The first-order chi connectivity index (χ1) is 3.22. The van der Waals surface area contributed by atoms with E-state index in [0.29, 0.717) is 0 Å². The van der Waals surface area contributed by atoms with Gasteiger partial charge in [0.05, 0.1) is 5.25 Å². The van der Waals surface area contributed by atoms with E-state index in [1.54, 1.807) is 0 Å². The monoisotopic (exact) mass is 115 g/mol. The zero-order valence-corrected chi connectivity index (χ0v) is 4.33. The van der Waals surface area contributed by atoms with E-state index in [9.17, 15) is 9.59 Å². The smallest absolute Gasteiger partial charge is 0.256 e. The Kier molecular flexibility index (Phi) is 0.922. The third-order valence-corrected chi connectivity index (χ3v) is 1.66. The molecule has 0 saturated carbocycles. The van der Waals surface area contributed by atoms with Gasteiger partial charge < -0.3 is 0 Å². The summed E-state index contributed by atoms with van der Waals surface area (Å²) in [5, 5.41) is -0.660. The first-order valence-electron chi connectivity index (χ1n) is 1.79. The molecule has 2 nitrogen and oxygen atoms in total. The number of carbonyl (C=O) groups excluding carboxylic acids is 2. The van der Waals surface area contributed by atoms with Crippen molar-refractivity contribution < 1.29 is 9.59 Å². The molecule has 1 aliphatic rings. The Morgan fingerprint density at radius 3 is 2.14 bits per heavy atom. The highest BCUT2D eigenvalue weighted by Gasteiger charge is 2.34. The summed E-state index contributed by atoms with van der Waals surface area (Å²) in [4.78, 5) is 20.1. The second kappa shape index (κ2) is 1.33. The van der Waals surface area contributed by atoms with Gasteiger partial charge in [0.15, 0.2) is 0 Å². The number of carbonyl (C=O) groups is 2. The maximum atomic E-state index is 10.1. The van der Waals surface area contributed by atoms with Crippen LogP contribution in [0.2, 0.25) is 0 Å². The van der Waals surface area contributed by atoms with E-state index in [-0.39, 0.29) is 16.1 Å². The van der Waals surface area contributed by atoms with Gasteiger partial charge in [-0.2, -0.15) is 0 Å². The highest BCUT2D eigenvalue weighted by Crippen LogP contribution is 2.24. The molecule has 1 radical (unpaired) electrons. The van der Waals surface area contributed by atoms with Crippen molar-refractivity contribution in [3.63, 3.8) is 0 Å². The van der Waals surface area contributed by atoms with Crippen LogP contribution in [0.4, 0.5) is 0 Å². The number of rotatable bonds is 0. The number of Topliss-reactive ketones (excluding diaryl/α,β-unsaturated/α-hetero) is 1. The van der Waals surface area contributed by atoms with Gasteiger partial charge in [0, 0.05) is 0 Å². The van der Waals surface area contributed by atoms with E-state index >= 15 is 0 Å². The minimum absolute atomic E-state index is 0.313. The number of thioether (sulfide) groups is 1. The van der Waals surface area contributed by atoms with E-state index in [1.807, 2.05) is 0 Å². The van der Waals surface area contributed by atoms with Crippen molar-refractivity contribution >= 4 is 22.7 Å². The summed E-state index contributed by atoms with van der Waals surface area (Å²) in [6, 6.07) is 0. The minimum atomic E-state index is -0.347. The molecule has 0 aliphatic carbocycles. The lowest BCUT2D eigenvalue weighted by atomic mass is 10.3. The van der Waals surface area contributed by atoms with E-state index in [0.717, 1.165) is 11.8 Å². The van der Waals surface area contributed by atoms with Crippen molar-refractivity contribution in [2.45, 2.75) is 5.25 Å². The van der Waals surface area contributed by atoms with Crippen molar-refractivity contribution in [3.05, 3.63) is 6.92 Å². The molecule has 3 heteroatoms. The second-order valence-corrected chi connectivity index (χ2v) is 2.43. The van der Waals surface area contributed by atoms with Crippen LogP contribution in [0.1, 0.15) is 0 Å². The highest BCUT2D eigenvalue weighted by atomic mass is 32.2. The molecule has 0 N–H and O–H groups in total. The first kappa shape index (κ1) is 4.84. The maximum Gasteiger partial charge on any atom is 0.256 e. The second-order valence-electron chi connectivity index (χ2n) is 1.26. The summed E-state index contributed by atoms with van der Waals surface area (Å²) >= 11 is 0.992. The predicted octanol–water partition coefficient (Wildman–Crippen LogP) is 0.0316. The molecule has 1 fully saturated rings. The van der Waals surface area contributed by atoms with Gasteiger partial charge >= 0.3 is 0 Å². The summed E-state index contributed by atoms with van der Waals surface area (Å²) < 4.78 is 0. The molecular formula is C4H3O2S. The fourth-order valence-corrected chi connectivity index (χ4v) is 0.859. The Morgan fingerprint density at radius 1 is 1.57 bits per heavy atom. The zero-order valence-electron chi connectivity index (χ0n) is 3.51. The fraction of sp³-hybridized carbons (Fsp3) is 0.250. The van der Waals surface area contributed by atoms with Gasteiger partial charge in [-0.25, -0.2) is 0 Å². The van der Waals surface area contributed by atoms with Crippen LogP contribution in [0.15, 0.2) is 0 Å². The SMILES string of the molecule is [CH2]C1SC(=O)C1=O. The van der Waals surface area contributed by atoms with Crippen molar-refractivity contribution in [1.82, 2.24) is 0 Å². The Balaban J connectivity index is 2.60. The number of ketones is 1.